The number of nitrogens with two attached hydrogens (primary N) is 1. The molecule has 1 atom stereocenters. The second kappa shape index (κ2) is 6.68. The smallest absolute Gasteiger partial charge is 0.304 e. The second-order valence-electron chi connectivity index (χ2n) is 5.42. The summed E-state index contributed by atoms with van der Waals surface area (Å²) in [6, 6.07) is 4.06. The zero-order valence-electron chi connectivity index (χ0n) is 12.2. The highest BCUT2D eigenvalue weighted by atomic mass is 16.4. The van der Waals surface area contributed by atoms with Crippen molar-refractivity contribution < 1.29 is 9.90 Å². The lowest BCUT2D eigenvalue weighted by Gasteiger charge is -2.22. The number of aryl methyl sites for hydroxylation is 3. The predicted octanol–water partition coefficient (Wildman–Crippen LogP) is 1.85. The molecule has 0 bridgehead atoms. The van der Waals surface area contributed by atoms with Crippen molar-refractivity contribution in [2.75, 3.05) is 13.6 Å². The molecule has 0 fully saturated rings. The van der Waals surface area contributed by atoms with Gasteiger partial charge in [-0.3, -0.25) is 4.79 Å². The van der Waals surface area contributed by atoms with E-state index in [-0.39, 0.29) is 12.5 Å². The fraction of sp³-hybridized carbons (Fsp3) is 0.533. The van der Waals surface area contributed by atoms with Crippen LogP contribution in [0.4, 0.5) is 0 Å². The van der Waals surface area contributed by atoms with E-state index in [0.717, 1.165) is 6.54 Å². The van der Waals surface area contributed by atoms with Crippen LogP contribution in [-0.2, 0) is 11.3 Å². The van der Waals surface area contributed by atoms with E-state index in [4.69, 9.17) is 10.8 Å². The van der Waals surface area contributed by atoms with Gasteiger partial charge in [0.05, 0.1) is 6.42 Å². The van der Waals surface area contributed by atoms with Gasteiger partial charge in [0.15, 0.2) is 0 Å². The molecule has 0 heterocycles. The third-order valence-corrected chi connectivity index (χ3v) is 3.38. The van der Waals surface area contributed by atoms with Gasteiger partial charge in [-0.15, -0.1) is 0 Å². The molecule has 1 aromatic rings. The maximum absolute atomic E-state index is 10.6. The lowest BCUT2D eigenvalue weighted by Crippen LogP contribution is -2.36. The molecule has 0 aliphatic rings. The summed E-state index contributed by atoms with van der Waals surface area (Å²) in [6.07, 6.45) is 0.0102. The Morgan fingerprint density at radius 1 is 1.26 bits per heavy atom. The molecule has 19 heavy (non-hydrogen) atoms. The SMILES string of the molecule is Cc1cc(C)c(CN(C)CC(N)CC(=O)O)cc1C. The van der Waals surface area contributed by atoms with Gasteiger partial charge < -0.3 is 15.7 Å². The van der Waals surface area contributed by atoms with Crippen molar-refractivity contribution in [1.29, 1.82) is 0 Å². The van der Waals surface area contributed by atoms with Crippen LogP contribution in [-0.4, -0.2) is 35.6 Å². The molecular weight excluding hydrogens is 240 g/mol. The van der Waals surface area contributed by atoms with Crippen LogP contribution < -0.4 is 5.73 Å². The van der Waals surface area contributed by atoms with Crippen molar-refractivity contribution in [3.05, 3.63) is 34.4 Å². The predicted molar refractivity (Wildman–Crippen MR) is 77.2 cm³/mol. The number of hydrogen-bond acceptors (Lipinski definition) is 3. The van der Waals surface area contributed by atoms with E-state index in [0.29, 0.717) is 6.54 Å². The molecule has 3 N–H and O–H groups in total. The van der Waals surface area contributed by atoms with Crippen molar-refractivity contribution in [3.63, 3.8) is 0 Å². The fourth-order valence-electron chi connectivity index (χ4n) is 2.24. The van der Waals surface area contributed by atoms with Gasteiger partial charge in [0.1, 0.15) is 0 Å². The van der Waals surface area contributed by atoms with Crippen LogP contribution in [0, 0.1) is 20.8 Å². The summed E-state index contributed by atoms with van der Waals surface area (Å²) in [5.74, 6) is -0.844. The number of carbonyl (C=O) groups is 1. The average Bonchev–Trinajstić information content (AvgIpc) is 2.24. The first-order valence-electron chi connectivity index (χ1n) is 6.52. The van der Waals surface area contributed by atoms with Gasteiger partial charge >= 0.3 is 5.97 Å². The summed E-state index contributed by atoms with van der Waals surface area (Å²) in [5.41, 5.74) is 10.9. The Hall–Kier alpha value is -1.39. The second-order valence-corrected chi connectivity index (χ2v) is 5.42. The topological polar surface area (TPSA) is 66.6 Å². The van der Waals surface area contributed by atoms with Gasteiger partial charge in [-0.2, -0.15) is 0 Å². The van der Waals surface area contributed by atoms with Crippen LogP contribution >= 0.6 is 0 Å². The highest BCUT2D eigenvalue weighted by Crippen LogP contribution is 2.16. The van der Waals surface area contributed by atoms with Crippen LogP contribution in [0.5, 0.6) is 0 Å². The fourth-order valence-corrected chi connectivity index (χ4v) is 2.24. The number of nitrogens with zero attached hydrogens (tertiary/aromatic N) is 1. The lowest BCUT2D eigenvalue weighted by molar-refractivity contribution is -0.137. The van der Waals surface area contributed by atoms with E-state index < -0.39 is 5.97 Å². The molecule has 106 valence electrons. The maximum Gasteiger partial charge on any atom is 0.304 e. The summed E-state index contributed by atoms with van der Waals surface area (Å²) in [4.78, 5) is 12.7. The van der Waals surface area contributed by atoms with Crippen LogP contribution in [0.1, 0.15) is 28.7 Å². The zero-order chi connectivity index (χ0) is 14.6. The molecule has 4 heteroatoms. The Morgan fingerprint density at radius 2 is 1.84 bits per heavy atom. The third-order valence-electron chi connectivity index (χ3n) is 3.38. The molecule has 0 saturated heterocycles. The van der Waals surface area contributed by atoms with Crippen molar-refractivity contribution >= 4 is 5.97 Å². The van der Waals surface area contributed by atoms with Crippen molar-refractivity contribution in [3.8, 4) is 0 Å². The maximum atomic E-state index is 10.6. The minimum Gasteiger partial charge on any atom is -0.481 e. The first-order chi connectivity index (χ1) is 8.79. The number of carboxylic acids is 1. The number of likely N-dealkylation sites (N-methyl/N-ethyl adjacent to an activating group) is 1. The van der Waals surface area contributed by atoms with E-state index in [1.54, 1.807) is 0 Å². The molecule has 4 nitrogen and oxygen atoms in total. The van der Waals surface area contributed by atoms with E-state index in [2.05, 4.69) is 37.8 Å². The van der Waals surface area contributed by atoms with E-state index in [1.807, 2.05) is 7.05 Å². The number of hydrogen-bond donors (Lipinski definition) is 2. The molecule has 0 saturated carbocycles. The Labute approximate surface area is 115 Å². The molecule has 0 aliphatic heterocycles. The number of benzene rings is 1. The van der Waals surface area contributed by atoms with Gasteiger partial charge in [0.25, 0.3) is 0 Å². The van der Waals surface area contributed by atoms with Gasteiger partial charge in [-0.05, 0) is 50.1 Å². The Morgan fingerprint density at radius 3 is 2.42 bits per heavy atom. The summed E-state index contributed by atoms with van der Waals surface area (Å²) in [5, 5.41) is 8.70. The number of carboxylic acid groups (broad SMARTS) is 1. The normalized spacial score (nSPS) is 12.7. The highest BCUT2D eigenvalue weighted by molar-refractivity contribution is 5.67. The molecule has 1 aromatic carbocycles. The van der Waals surface area contributed by atoms with E-state index in [1.165, 1.54) is 22.3 Å². The number of aliphatic carboxylic acids is 1. The van der Waals surface area contributed by atoms with Crippen LogP contribution in [0.25, 0.3) is 0 Å². The quantitative estimate of drug-likeness (QED) is 0.823. The summed E-state index contributed by atoms with van der Waals surface area (Å²) >= 11 is 0. The Bertz CT molecular complexity index is 458. The molecule has 1 unspecified atom stereocenters. The third kappa shape index (κ3) is 5.01. The van der Waals surface area contributed by atoms with Crippen molar-refractivity contribution in [2.24, 2.45) is 5.73 Å². The molecule has 0 spiro atoms. The van der Waals surface area contributed by atoms with E-state index in [9.17, 15) is 4.79 Å². The summed E-state index contributed by atoms with van der Waals surface area (Å²) in [7, 11) is 1.97. The minimum absolute atomic E-state index is 0.0102. The van der Waals surface area contributed by atoms with Gasteiger partial charge in [0, 0.05) is 19.1 Å². The standard InChI is InChI=1S/C15H24N2O2/c1-10-5-12(3)13(6-11(10)2)8-17(4)9-14(16)7-15(18)19/h5-6,14H,7-9,16H2,1-4H3,(H,18,19). The average molecular weight is 264 g/mol. The van der Waals surface area contributed by atoms with Crippen molar-refractivity contribution in [1.82, 2.24) is 4.90 Å². The summed E-state index contributed by atoms with van der Waals surface area (Å²) < 4.78 is 0. The monoisotopic (exact) mass is 264 g/mol. The van der Waals surface area contributed by atoms with Crippen LogP contribution in [0.15, 0.2) is 12.1 Å². The van der Waals surface area contributed by atoms with E-state index >= 15 is 0 Å². The number of rotatable bonds is 6. The van der Waals surface area contributed by atoms with Crippen molar-refractivity contribution in [2.45, 2.75) is 39.8 Å². The molecule has 0 aliphatic carbocycles. The minimum atomic E-state index is -0.844. The van der Waals surface area contributed by atoms with Gasteiger partial charge in [-0.1, -0.05) is 12.1 Å². The van der Waals surface area contributed by atoms with Gasteiger partial charge in [0.2, 0.25) is 0 Å². The highest BCUT2D eigenvalue weighted by Gasteiger charge is 2.12. The molecular formula is C15H24N2O2. The first-order valence-corrected chi connectivity index (χ1v) is 6.52. The van der Waals surface area contributed by atoms with Gasteiger partial charge in [-0.25, -0.2) is 0 Å². The molecule has 0 radical (unpaired) electrons. The molecule has 0 amide bonds. The lowest BCUT2D eigenvalue weighted by atomic mass is 10.0. The molecule has 0 aromatic heterocycles. The van der Waals surface area contributed by atoms with Crippen LogP contribution in [0.3, 0.4) is 0 Å². The molecule has 1 rings (SSSR count). The first kappa shape index (κ1) is 15.7. The Balaban J connectivity index is 2.64. The largest absolute Gasteiger partial charge is 0.481 e. The Kier molecular flexibility index (Phi) is 5.51. The van der Waals surface area contributed by atoms with Crippen LogP contribution in [0.2, 0.25) is 0 Å². The zero-order valence-corrected chi connectivity index (χ0v) is 12.2. The summed E-state index contributed by atoms with van der Waals surface area (Å²) in [6.45, 7) is 7.69.